The average molecular weight is 330 g/mol. The van der Waals surface area contributed by atoms with E-state index in [1.54, 1.807) is 0 Å². The molecule has 0 bridgehead atoms. The van der Waals surface area contributed by atoms with Crippen molar-refractivity contribution >= 4 is 0 Å². The van der Waals surface area contributed by atoms with Gasteiger partial charge >= 0.3 is 0 Å². The molecule has 3 N–H and O–H groups in total. The van der Waals surface area contributed by atoms with E-state index >= 15 is 0 Å². The number of fused-ring (bicyclic) bond motifs is 1. The summed E-state index contributed by atoms with van der Waals surface area (Å²) in [6, 6.07) is 6.56. The van der Waals surface area contributed by atoms with Crippen LogP contribution >= 0.6 is 0 Å². The third-order valence-electron chi connectivity index (χ3n) is 5.94. The predicted molar refractivity (Wildman–Crippen MR) is 95.2 cm³/mol. The molecule has 4 rings (SSSR count). The van der Waals surface area contributed by atoms with Gasteiger partial charge in [-0.3, -0.25) is 4.90 Å². The second-order valence-corrected chi connectivity index (χ2v) is 7.98. The molecule has 3 aliphatic rings. The van der Waals surface area contributed by atoms with Gasteiger partial charge in [-0.2, -0.15) is 0 Å². The van der Waals surface area contributed by atoms with Crippen molar-refractivity contribution in [1.29, 1.82) is 0 Å². The van der Waals surface area contributed by atoms with E-state index in [2.05, 4.69) is 11.0 Å². The van der Waals surface area contributed by atoms with E-state index in [-0.39, 0.29) is 6.04 Å². The first-order valence-electron chi connectivity index (χ1n) is 9.61. The van der Waals surface area contributed by atoms with E-state index in [4.69, 9.17) is 10.5 Å². The maximum Gasteiger partial charge on any atom is 0.115 e. The number of aromatic hydroxyl groups is 1. The number of benzene rings is 1. The Balaban J connectivity index is 1.57. The van der Waals surface area contributed by atoms with Crippen LogP contribution < -0.4 is 5.73 Å². The minimum atomic E-state index is 0.205. The molecule has 1 saturated carbocycles. The summed E-state index contributed by atoms with van der Waals surface area (Å²) in [6.45, 7) is 3.06. The number of nitrogens with two attached hydrogens (primary N) is 1. The van der Waals surface area contributed by atoms with Gasteiger partial charge in [0, 0.05) is 18.6 Å². The molecule has 2 heterocycles. The van der Waals surface area contributed by atoms with Crippen LogP contribution in [0.1, 0.15) is 43.2 Å². The van der Waals surface area contributed by atoms with Gasteiger partial charge in [-0.15, -0.1) is 0 Å². The summed E-state index contributed by atoms with van der Waals surface area (Å²) in [5, 5.41) is 9.82. The molecule has 2 fully saturated rings. The Hall–Kier alpha value is -1.10. The van der Waals surface area contributed by atoms with Crippen LogP contribution in [0.15, 0.2) is 18.2 Å². The topological polar surface area (TPSA) is 58.7 Å². The number of rotatable bonds is 3. The minimum Gasteiger partial charge on any atom is -0.508 e. The highest BCUT2D eigenvalue weighted by molar-refractivity contribution is 5.36. The Morgan fingerprint density at radius 3 is 2.79 bits per heavy atom. The van der Waals surface area contributed by atoms with Crippen LogP contribution in [0, 0.1) is 5.92 Å². The Morgan fingerprint density at radius 1 is 1.17 bits per heavy atom. The predicted octanol–water partition coefficient (Wildman–Crippen LogP) is 2.47. The van der Waals surface area contributed by atoms with Crippen LogP contribution in [0.4, 0.5) is 0 Å². The van der Waals surface area contributed by atoms with E-state index < -0.39 is 0 Å². The van der Waals surface area contributed by atoms with Crippen molar-refractivity contribution in [3.05, 3.63) is 29.3 Å². The number of phenolic OH excluding ortho intramolecular Hbond substituents is 1. The van der Waals surface area contributed by atoms with Crippen LogP contribution in [-0.4, -0.2) is 47.9 Å². The lowest BCUT2D eigenvalue weighted by Crippen LogP contribution is -2.51. The summed E-state index contributed by atoms with van der Waals surface area (Å²) >= 11 is 0. The smallest absolute Gasteiger partial charge is 0.115 e. The maximum atomic E-state index is 9.82. The van der Waals surface area contributed by atoms with Gasteiger partial charge in [0.1, 0.15) is 5.75 Å². The zero-order valence-electron chi connectivity index (χ0n) is 14.5. The van der Waals surface area contributed by atoms with Crippen molar-refractivity contribution in [3.8, 4) is 5.75 Å². The Morgan fingerprint density at radius 2 is 2.04 bits per heavy atom. The van der Waals surface area contributed by atoms with Crippen molar-refractivity contribution in [2.24, 2.45) is 11.7 Å². The zero-order valence-corrected chi connectivity index (χ0v) is 14.5. The van der Waals surface area contributed by atoms with Gasteiger partial charge in [-0.1, -0.05) is 6.07 Å². The fourth-order valence-electron chi connectivity index (χ4n) is 4.36. The molecule has 3 atom stereocenters. The van der Waals surface area contributed by atoms with E-state index in [9.17, 15) is 5.11 Å². The summed E-state index contributed by atoms with van der Waals surface area (Å²) in [6.07, 6.45) is 8.47. The van der Waals surface area contributed by atoms with Crippen LogP contribution in [0.25, 0.3) is 0 Å². The molecular weight excluding hydrogens is 300 g/mol. The van der Waals surface area contributed by atoms with Crippen LogP contribution in [0.3, 0.4) is 0 Å². The Bertz CT molecular complexity index is 565. The molecule has 132 valence electrons. The van der Waals surface area contributed by atoms with E-state index in [0.29, 0.717) is 24.5 Å². The van der Waals surface area contributed by atoms with Gasteiger partial charge in [0.15, 0.2) is 0 Å². The molecule has 1 aliphatic carbocycles. The highest BCUT2D eigenvalue weighted by Gasteiger charge is 2.35. The van der Waals surface area contributed by atoms with Crippen molar-refractivity contribution in [1.82, 2.24) is 4.90 Å². The summed E-state index contributed by atoms with van der Waals surface area (Å²) in [7, 11) is 0. The monoisotopic (exact) mass is 330 g/mol. The molecule has 1 aromatic rings. The maximum absolute atomic E-state index is 9.82. The van der Waals surface area contributed by atoms with Crippen molar-refractivity contribution in [2.75, 3.05) is 19.7 Å². The largest absolute Gasteiger partial charge is 0.508 e. The summed E-state index contributed by atoms with van der Waals surface area (Å²) in [5.74, 6) is 1.29. The third-order valence-corrected chi connectivity index (χ3v) is 5.94. The van der Waals surface area contributed by atoms with Gasteiger partial charge in [-0.05, 0) is 80.7 Å². The van der Waals surface area contributed by atoms with Gasteiger partial charge in [0.2, 0.25) is 0 Å². The molecule has 0 aromatic heterocycles. The van der Waals surface area contributed by atoms with Crippen LogP contribution in [0.5, 0.6) is 5.75 Å². The van der Waals surface area contributed by atoms with Gasteiger partial charge in [0.25, 0.3) is 0 Å². The number of aryl methyl sites for hydroxylation is 1. The standard InChI is InChI=1S/C20H30N2O2/c21-17-6-8-20(24-13-17)19-11-16-5-7-18(23)10-15(16)2-1-9-22(19)12-14-3-4-14/h5,7,10,14,17,19-20,23H,1-4,6,8-9,11-13,21H2/t17?,19-,20?/m1/s1. The molecule has 0 spiro atoms. The van der Waals surface area contributed by atoms with E-state index in [0.717, 1.165) is 44.6 Å². The van der Waals surface area contributed by atoms with Gasteiger partial charge in [-0.25, -0.2) is 0 Å². The fourth-order valence-corrected chi connectivity index (χ4v) is 4.36. The van der Waals surface area contributed by atoms with Crippen LogP contribution in [-0.2, 0) is 17.6 Å². The highest BCUT2D eigenvalue weighted by Crippen LogP contribution is 2.34. The first-order chi connectivity index (χ1) is 11.7. The molecule has 4 heteroatoms. The molecular formula is C20H30N2O2. The van der Waals surface area contributed by atoms with Crippen molar-refractivity contribution < 1.29 is 9.84 Å². The molecule has 4 nitrogen and oxygen atoms in total. The number of hydrogen-bond donors (Lipinski definition) is 2. The van der Waals surface area contributed by atoms with Crippen LogP contribution in [0.2, 0.25) is 0 Å². The van der Waals surface area contributed by atoms with E-state index in [1.807, 2.05) is 12.1 Å². The molecule has 1 aromatic carbocycles. The Labute approximate surface area is 145 Å². The number of nitrogens with zero attached hydrogens (tertiary/aromatic N) is 1. The molecule has 0 radical (unpaired) electrons. The van der Waals surface area contributed by atoms with Gasteiger partial charge < -0.3 is 15.6 Å². The number of hydrogen-bond acceptors (Lipinski definition) is 4. The highest BCUT2D eigenvalue weighted by atomic mass is 16.5. The molecule has 0 amide bonds. The summed E-state index contributed by atoms with van der Waals surface area (Å²) in [5.41, 5.74) is 8.74. The fraction of sp³-hybridized carbons (Fsp3) is 0.700. The molecule has 2 unspecified atom stereocenters. The van der Waals surface area contributed by atoms with Crippen molar-refractivity contribution in [2.45, 2.75) is 63.1 Å². The van der Waals surface area contributed by atoms with Gasteiger partial charge in [0.05, 0.1) is 12.7 Å². The zero-order chi connectivity index (χ0) is 16.5. The first kappa shape index (κ1) is 16.4. The normalized spacial score (nSPS) is 32.0. The lowest BCUT2D eigenvalue weighted by atomic mass is 9.88. The molecule has 24 heavy (non-hydrogen) atoms. The number of ether oxygens (including phenoxy) is 1. The third kappa shape index (κ3) is 3.76. The average Bonchev–Trinajstić information content (AvgIpc) is 3.37. The summed E-state index contributed by atoms with van der Waals surface area (Å²) in [4.78, 5) is 2.70. The second kappa shape index (κ2) is 7.03. The SMILES string of the molecule is NC1CCC([C@H]2Cc3ccc(O)cc3CCCN2CC2CC2)OC1. The molecule has 1 saturated heterocycles. The lowest BCUT2D eigenvalue weighted by molar-refractivity contribution is -0.0506. The molecule has 2 aliphatic heterocycles. The van der Waals surface area contributed by atoms with Crippen molar-refractivity contribution in [3.63, 3.8) is 0 Å². The first-order valence-corrected chi connectivity index (χ1v) is 9.61. The summed E-state index contributed by atoms with van der Waals surface area (Å²) < 4.78 is 6.18. The Kier molecular flexibility index (Phi) is 4.79. The van der Waals surface area contributed by atoms with E-state index in [1.165, 1.54) is 30.5 Å². The second-order valence-electron chi connectivity index (χ2n) is 7.98. The minimum absolute atomic E-state index is 0.205. The lowest BCUT2D eigenvalue weighted by Gasteiger charge is -2.41. The quantitative estimate of drug-likeness (QED) is 0.894. The number of phenols is 1.